The Morgan fingerprint density at radius 1 is 1.27 bits per heavy atom. The molecule has 9 heteroatoms. The van der Waals surface area contributed by atoms with Gasteiger partial charge in [0.2, 0.25) is 0 Å². The minimum atomic E-state index is -0.394. The molecule has 0 bridgehead atoms. The summed E-state index contributed by atoms with van der Waals surface area (Å²) in [6.07, 6.45) is 3.09. The molecule has 3 aromatic rings. The third kappa shape index (κ3) is 4.39. The van der Waals surface area contributed by atoms with E-state index in [1.807, 2.05) is 18.2 Å². The van der Waals surface area contributed by atoms with Crippen molar-refractivity contribution in [2.75, 3.05) is 19.0 Å². The van der Waals surface area contributed by atoms with Crippen molar-refractivity contribution in [3.63, 3.8) is 0 Å². The number of nitrogens with zero attached hydrogens (tertiary/aromatic N) is 5. The molecule has 2 aromatic heterocycles. The third-order valence-corrected chi connectivity index (χ3v) is 3.60. The van der Waals surface area contributed by atoms with Gasteiger partial charge >= 0.3 is 0 Å². The minimum Gasteiger partial charge on any atom is -0.383 e. The summed E-state index contributed by atoms with van der Waals surface area (Å²) >= 11 is 0. The number of nitrogens with one attached hydrogen (secondary N) is 1. The number of benzene rings is 1. The first-order valence-electron chi connectivity index (χ1n) is 7.95. The predicted molar refractivity (Wildman–Crippen MR) is 93.9 cm³/mol. The molecule has 1 N–H and O–H groups in total. The van der Waals surface area contributed by atoms with Crippen LogP contribution < -0.4 is 10.9 Å². The van der Waals surface area contributed by atoms with E-state index in [1.165, 1.54) is 30.3 Å². The van der Waals surface area contributed by atoms with Crippen molar-refractivity contribution in [2.45, 2.75) is 13.1 Å². The quantitative estimate of drug-likeness (QED) is 0.672. The number of carbonyl (C=O) groups excluding carboxylic acids is 1. The second-order valence-electron chi connectivity index (χ2n) is 5.52. The van der Waals surface area contributed by atoms with Gasteiger partial charge in [0.05, 0.1) is 19.7 Å². The molecular weight excluding hydrogens is 336 g/mol. The minimum absolute atomic E-state index is 0.155. The highest BCUT2D eigenvalue weighted by Gasteiger charge is 2.10. The van der Waals surface area contributed by atoms with E-state index in [0.29, 0.717) is 18.8 Å². The number of hydrogen-bond acceptors (Lipinski definition) is 6. The van der Waals surface area contributed by atoms with E-state index in [2.05, 4.69) is 20.5 Å². The van der Waals surface area contributed by atoms with E-state index in [9.17, 15) is 9.59 Å². The van der Waals surface area contributed by atoms with Crippen molar-refractivity contribution in [2.24, 2.45) is 0 Å². The Hall–Kier alpha value is -3.33. The maximum Gasteiger partial charge on any atom is 0.276 e. The fourth-order valence-corrected chi connectivity index (χ4v) is 2.35. The van der Waals surface area contributed by atoms with Crippen molar-refractivity contribution in [3.05, 3.63) is 70.7 Å². The van der Waals surface area contributed by atoms with E-state index < -0.39 is 5.91 Å². The van der Waals surface area contributed by atoms with Gasteiger partial charge in [-0.05, 0) is 23.8 Å². The van der Waals surface area contributed by atoms with E-state index in [1.54, 1.807) is 17.1 Å². The molecule has 0 spiro atoms. The normalized spacial score (nSPS) is 10.7. The molecule has 0 atom stereocenters. The van der Waals surface area contributed by atoms with Crippen LogP contribution in [-0.4, -0.2) is 44.2 Å². The molecule has 0 saturated heterocycles. The Labute approximate surface area is 149 Å². The molecule has 26 heavy (non-hydrogen) atoms. The van der Waals surface area contributed by atoms with Gasteiger partial charge in [-0.1, -0.05) is 12.1 Å². The van der Waals surface area contributed by atoms with Gasteiger partial charge < -0.3 is 10.1 Å². The van der Waals surface area contributed by atoms with Crippen molar-refractivity contribution < 1.29 is 9.53 Å². The van der Waals surface area contributed by atoms with E-state index in [0.717, 1.165) is 5.56 Å². The number of rotatable bonds is 7. The van der Waals surface area contributed by atoms with E-state index >= 15 is 0 Å². The summed E-state index contributed by atoms with van der Waals surface area (Å²) in [7, 11) is 1.54. The van der Waals surface area contributed by atoms with Crippen LogP contribution in [0.2, 0.25) is 0 Å². The summed E-state index contributed by atoms with van der Waals surface area (Å²) in [5.74, 6) is -0.394. The smallest absolute Gasteiger partial charge is 0.276 e. The van der Waals surface area contributed by atoms with E-state index in [4.69, 9.17) is 4.74 Å². The summed E-state index contributed by atoms with van der Waals surface area (Å²) in [6.45, 7) is 1.16. The summed E-state index contributed by atoms with van der Waals surface area (Å²) in [5, 5.41) is 10.9. The average molecular weight is 354 g/mol. The third-order valence-electron chi connectivity index (χ3n) is 3.60. The Morgan fingerprint density at radius 3 is 2.92 bits per heavy atom. The number of methoxy groups -OCH3 is 1. The Bertz CT molecular complexity index is 936. The Balaban J connectivity index is 1.72. The van der Waals surface area contributed by atoms with Crippen LogP contribution in [0.4, 0.5) is 5.69 Å². The Kier molecular flexibility index (Phi) is 5.49. The van der Waals surface area contributed by atoms with Gasteiger partial charge in [-0.2, -0.15) is 10.2 Å². The maximum atomic E-state index is 12.4. The van der Waals surface area contributed by atoms with Crippen LogP contribution in [0.25, 0.3) is 0 Å². The molecule has 1 aromatic carbocycles. The molecule has 0 saturated carbocycles. The molecular formula is C17H18N6O3. The highest BCUT2D eigenvalue weighted by Crippen LogP contribution is 2.12. The average Bonchev–Trinajstić information content (AvgIpc) is 3.14. The second kappa shape index (κ2) is 8.17. The zero-order chi connectivity index (χ0) is 18.4. The van der Waals surface area contributed by atoms with Crippen LogP contribution in [0.15, 0.2) is 53.8 Å². The van der Waals surface area contributed by atoms with Gasteiger partial charge in [-0.25, -0.2) is 14.3 Å². The zero-order valence-corrected chi connectivity index (χ0v) is 14.2. The fourth-order valence-electron chi connectivity index (χ4n) is 2.35. The highest BCUT2D eigenvalue weighted by molar-refractivity contribution is 6.02. The first kappa shape index (κ1) is 17.5. The van der Waals surface area contributed by atoms with Crippen molar-refractivity contribution in [3.8, 4) is 0 Å². The van der Waals surface area contributed by atoms with Crippen LogP contribution >= 0.6 is 0 Å². The summed E-state index contributed by atoms with van der Waals surface area (Å²) in [4.78, 5) is 28.1. The van der Waals surface area contributed by atoms with Crippen LogP contribution in [0.5, 0.6) is 0 Å². The van der Waals surface area contributed by atoms with Gasteiger partial charge in [0.25, 0.3) is 11.5 Å². The summed E-state index contributed by atoms with van der Waals surface area (Å²) in [6, 6.07) is 10.1. The van der Waals surface area contributed by atoms with Crippen molar-refractivity contribution >= 4 is 11.6 Å². The molecule has 0 unspecified atom stereocenters. The van der Waals surface area contributed by atoms with Gasteiger partial charge in [0, 0.05) is 18.9 Å². The number of amides is 1. The van der Waals surface area contributed by atoms with Gasteiger partial charge in [0.15, 0.2) is 0 Å². The summed E-state index contributed by atoms with van der Waals surface area (Å²) < 4.78 is 7.84. The second-order valence-corrected chi connectivity index (χ2v) is 5.52. The van der Waals surface area contributed by atoms with Crippen molar-refractivity contribution in [1.29, 1.82) is 0 Å². The lowest BCUT2D eigenvalue weighted by Crippen LogP contribution is -2.27. The molecule has 1 amide bonds. The van der Waals surface area contributed by atoms with Gasteiger partial charge in [-0.15, -0.1) is 0 Å². The SMILES string of the molecule is COCCn1nc(C(=O)Nc2cccc(Cn3cncn3)c2)ccc1=O. The number of hydrogen-bond donors (Lipinski definition) is 1. The number of anilines is 1. The molecule has 0 aliphatic rings. The fraction of sp³-hybridized carbons (Fsp3) is 0.235. The monoisotopic (exact) mass is 354 g/mol. The lowest BCUT2D eigenvalue weighted by molar-refractivity contribution is 0.101. The predicted octanol–water partition coefficient (Wildman–Crippen LogP) is 0.782. The van der Waals surface area contributed by atoms with Crippen LogP contribution in [0, 0.1) is 0 Å². The van der Waals surface area contributed by atoms with Crippen LogP contribution in [0.1, 0.15) is 16.1 Å². The molecule has 9 nitrogen and oxygen atoms in total. The molecule has 0 aliphatic heterocycles. The zero-order valence-electron chi connectivity index (χ0n) is 14.2. The van der Waals surface area contributed by atoms with Gasteiger partial charge in [0.1, 0.15) is 18.3 Å². The first-order chi connectivity index (χ1) is 12.7. The largest absolute Gasteiger partial charge is 0.383 e. The lowest BCUT2D eigenvalue weighted by atomic mass is 10.2. The first-order valence-corrected chi connectivity index (χ1v) is 7.95. The number of carbonyl (C=O) groups is 1. The van der Waals surface area contributed by atoms with Crippen LogP contribution in [0.3, 0.4) is 0 Å². The van der Waals surface area contributed by atoms with Crippen LogP contribution in [-0.2, 0) is 17.8 Å². The lowest BCUT2D eigenvalue weighted by Gasteiger charge is -2.09. The standard InChI is InChI=1S/C17H18N6O3/c1-26-8-7-23-16(24)6-5-15(21-23)17(25)20-14-4-2-3-13(9-14)10-22-12-18-11-19-22/h2-6,9,11-12H,7-8,10H2,1H3,(H,20,25). The van der Waals surface area contributed by atoms with Crippen molar-refractivity contribution in [1.82, 2.24) is 24.5 Å². The number of ether oxygens (including phenoxy) is 1. The maximum absolute atomic E-state index is 12.4. The Morgan fingerprint density at radius 2 is 2.15 bits per heavy atom. The highest BCUT2D eigenvalue weighted by atomic mass is 16.5. The van der Waals surface area contributed by atoms with E-state index in [-0.39, 0.29) is 17.8 Å². The molecule has 0 radical (unpaired) electrons. The van der Waals surface area contributed by atoms with Gasteiger partial charge in [-0.3, -0.25) is 9.59 Å². The molecule has 134 valence electrons. The molecule has 0 fully saturated rings. The molecule has 0 aliphatic carbocycles. The topological polar surface area (TPSA) is 104 Å². The molecule has 2 heterocycles. The molecule has 3 rings (SSSR count). The summed E-state index contributed by atoms with van der Waals surface area (Å²) in [5.41, 5.74) is 1.46. The number of aromatic nitrogens is 5.